The summed E-state index contributed by atoms with van der Waals surface area (Å²) in [4.78, 5) is 0. The van der Waals surface area contributed by atoms with Crippen molar-refractivity contribution in [2.45, 2.75) is 71.3 Å². The second kappa shape index (κ2) is 4.76. The van der Waals surface area contributed by atoms with Gasteiger partial charge in [-0.1, -0.05) is 63.1 Å². The lowest BCUT2D eigenvalue weighted by molar-refractivity contribution is 0.0739. The van der Waals surface area contributed by atoms with Crippen molar-refractivity contribution in [3.63, 3.8) is 0 Å². The van der Waals surface area contributed by atoms with E-state index in [4.69, 9.17) is 5.32 Å². The average molecular weight is 234 g/mol. The predicted octanol–water partition coefficient (Wildman–Crippen LogP) is 5.08. The molecule has 1 fully saturated rings. The third kappa shape index (κ3) is 1.97. The fourth-order valence-corrected chi connectivity index (χ4v) is 4.35. The van der Waals surface area contributed by atoms with Crippen molar-refractivity contribution in [1.29, 1.82) is 0 Å². The quantitative estimate of drug-likeness (QED) is 0.605. The zero-order valence-electron chi connectivity index (χ0n) is 12.1. The first kappa shape index (κ1) is 13.1. The van der Waals surface area contributed by atoms with Crippen LogP contribution in [0.1, 0.15) is 65.7 Å². The molecule has 0 saturated heterocycles. The number of nitrogens with zero attached hydrogens (tertiary/aromatic N) is 1. The van der Waals surface area contributed by atoms with Crippen molar-refractivity contribution in [2.24, 2.45) is 11.3 Å². The van der Waals surface area contributed by atoms with Crippen LogP contribution in [-0.4, -0.2) is 12.6 Å². The summed E-state index contributed by atoms with van der Waals surface area (Å²) in [7, 11) is 2.05. The molecule has 0 amide bonds. The lowest BCUT2D eigenvalue weighted by Crippen LogP contribution is -2.53. The Morgan fingerprint density at radius 2 is 2.18 bits per heavy atom. The molecule has 0 unspecified atom stereocenters. The van der Waals surface area contributed by atoms with Crippen molar-refractivity contribution >= 4 is 0 Å². The molecule has 0 N–H and O–H groups in total. The second-order valence-corrected chi connectivity index (χ2v) is 6.46. The summed E-state index contributed by atoms with van der Waals surface area (Å²) >= 11 is 0. The topological polar surface area (TPSA) is 14.1 Å². The molecule has 17 heavy (non-hydrogen) atoms. The first-order chi connectivity index (χ1) is 8.08. The first-order valence-corrected chi connectivity index (χ1v) is 7.39. The molecule has 2 rings (SSSR count). The summed E-state index contributed by atoms with van der Waals surface area (Å²) < 4.78 is 0. The summed E-state index contributed by atoms with van der Waals surface area (Å²) in [6, 6.07) is 0. The van der Waals surface area contributed by atoms with Gasteiger partial charge in [-0.2, -0.15) is 7.05 Å². The zero-order chi connectivity index (χ0) is 12.5. The normalized spacial score (nSPS) is 41.9. The van der Waals surface area contributed by atoms with Crippen LogP contribution >= 0.6 is 0 Å². The highest BCUT2D eigenvalue weighted by molar-refractivity contribution is 5.33. The van der Waals surface area contributed by atoms with Crippen LogP contribution in [0.5, 0.6) is 0 Å². The summed E-state index contributed by atoms with van der Waals surface area (Å²) in [6.45, 7) is 7.18. The Bertz CT molecular complexity index is 307. The van der Waals surface area contributed by atoms with Crippen LogP contribution in [0.25, 0.3) is 5.32 Å². The molecule has 1 saturated carbocycles. The first-order valence-electron chi connectivity index (χ1n) is 7.39. The van der Waals surface area contributed by atoms with Gasteiger partial charge in [0.15, 0.2) is 0 Å². The largest absolute Gasteiger partial charge is 0.655 e. The van der Waals surface area contributed by atoms with Gasteiger partial charge in [-0.15, -0.1) is 0 Å². The van der Waals surface area contributed by atoms with E-state index >= 15 is 0 Å². The third-order valence-corrected chi connectivity index (χ3v) is 5.45. The van der Waals surface area contributed by atoms with Crippen molar-refractivity contribution in [1.82, 2.24) is 0 Å². The molecule has 1 heteroatoms. The van der Waals surface area contributed by atoms with Crippen LogP contribution in [0.2, 0.25) is 0 Å². The number of hydrogen-bond acceptors (Lipinski definition) is 0. The lowest BCUT2D eigenvalue weighted by Gasteiger charge is -2.65. The van der Waals surface area contributed by atoms with E-state index in [2.05, 4.69) is 26.8 Å². The highest BCUT2D eigenvalue weighted by Gasteiger charge is 2.46. The van der Waals surface area contributed by atoms with E-state index in [1.807, 2.05) is 7.05 Å². The van der Waals surface area contributed by atoms with Gasteiger partial charge in [-0.05, 0) is 31.1 Å². The van der Waals surface area contributed by atoms with E-state index in [0.717, 1.165) is 5.92 Å². The minimum Gasteiger partial charge on any atom is -0.655 e. The molecule has 0 aliphatic heterocycles. The molecule has 98 valence electrons. The van der Waals surface area contributed by atoms with E-state index < -0.39 is 0 Å². The molecule has 0 aromatic heterocycles. The van der Waals surface area contributed by atoms with Gasteiger partial charge in [0, 0.05) is 0 Å². The molecule has 0 radical (unpaired) electrons. The molecular formula is C16H28N-. The van der Waals surface area contributed by atoms with Crippen LogP contribution in [0.4, 0.5) is 0 Å². The molecule has 0 heterocycles. The maximum atomic E-state index is 4.91. The van der Waals surface area contributed by atoms with E-state index in [1.165, 1.54) is 44.9 Å². The Morgan fingerprint density at radius 1 is 1.41 bits per heavy atom. The minimum absolute atomic E-state index is 0.147. The van der Waals surface area contributed by atoms with Gasteiger partial charge in [0.2, 0.25) is 0 Å². The van der Waals surface area contributed by atoms with E-state index in [-0.39, 0.29) is 5.54 Å². The number of likely N-dealkylation sites (N-methyl/N-ethyl adjacent to an activating group) is 1. The molecular weight excluding hydrogens is 206 g/mol. The summed E-state index contributed by atoms with van der Waals surface area (Å²) in [5.74, 6) is 0.721. The lowest BCUT2D eigenvalue weighted by atomic mass is 9.53. The Labute approximate surface area is 107 Å². The average Bonchev–Trinajstić information content (AvgIpc) is 2.31. The molecule has 3 atom stereocenters. The van der Waals surface area contributed by atoms with Gasteiger partial charge in [0.1, 0.15) is 0 Å². The Morgan fingerprint density at radius 3 is 2.82 bits per heavy atom. The smallest absolute Gasteiger partial charge is 0.0316 e. The maximum Gasteiger partial charge on any atom is -0.0316 e. The van der Waals surface area contributed by atoms with Crippen molar-refractivity contribution in [2.75, 3.05) is 7.05 Å². The summed E-state index contributed by atoms with van der Waals surface area (Å²) in [5, 5.41) is 4.91. The highest BCUT2D eigenvalue weighted by Crippen LogP contribution is 2.57. The van der Waals surface area contributed by atoms with Gasteiger partial charge < -0.3 is 5.32 Å². The molecule has 0 bridgehead atoms. The summed E-state index contributed by atoms with van der Waals surface area (Å²) in [5.41, 5.74) is 2.24. The Hall–Kier alpha value is -0.300. The van der Waals surface area contributed by atoms with Gasteiger partial charge in [0.25, 0.3) is 0 Å². The summed E-state index contributed by atoms with van der Waals surface area (Å²) in [6.07, 6.45) is 11.9. The predicted molar refractivity (Wildman–Crippen MR) is 75.4 cm³/mol. The monoisotopic (exact) mass is 234 g/mol. The van der Waals surface area contributed by atoms with E-state index in [9.17, 15) is 0 Å². The van der Waals surface area contributed by atoms with Gasteiger partial charge in [-0.25, -0.2) is 0 Å². The van der Waals surface area contributed by atoms with Crippen LogP contribution in [-0.2, 0) is 0 Å². The Kier molecular flexibility index (Phi) is 3.68. The molecule has 0 aromatic rings. The second-order valence-electron chi connectivity index (χ2n) is 6.46. The van der Waals surface area contributed by atoms with Crippen molar-refractivity contribution in [3.8, 4) is 0 Å². The van der Waals surface area contributed by atoms with Crippen LogP contribution in [0, 0.1) is 11.3 Å². The zero-order valence-corrected chi connectivity index (χ0v) is 12.1. The van der Waals surface area contributed by atoms with Gasteiger partial charge >= 0.3 is 0 Å². The highest BCUT2D eigenvalue weighted by atomic mass is 15.0. The van der Waals surface area contributed by atoms with Crippen LogP contribution < -0.4 is 0 Å². The SMILES string of the molecule is CCCC1=C[C@@]2([N-]C)[C@H](C)CCC[C@]2(C)CC1. The third-order valence-electron chi connectivity index (χ3n) is 5.45. The van der Waals surface area contributed by atoms with Crippen molar-refractivity contribution < 1.29 is 0 Å². The molecule has 1 nitrogen and oxygen atoms in total. The standard InChI is InChI=1S/C16H28N/c1-5-7-14-9-11-15(3)10-6-8-13(2)16(15,12-14)17-4/h12-13H,5-11H2,1-4H3/q-1/t13-,15-,16-/m1/s1. The number of hydrogen-bond donors (Lipinski definition) is 0. The number of fused-ring (bicyclic) bond motifs is 1. The molecule has 0 aromatic carbocycles. The number of allylic oxidation sites excluding steroid dienone is 1. The fraction of sp³-hybridized carbons (Fsp3) is 0.875. The molecule has 2 aliphatic rings. The van der Waals surface area contributed by atoms with Crippen LogP contribution in [0.15, 0.2) is 11.6 Å². The van der Waals surface area contributed by atoms with E-state index in [1.54, 1.807) is 5.57 Å². The van der Waals surface area contributed by atoms with E-state index in [0.29, 0.717) is 5.41 Å². The van der Waals surface area contributed by atoms with Crippen LogP contribution in [0.3, 0.4) is 0 Å². The fourth-order valence-electron chi connectivity index (χ4n) is 4.35. The minimum atomic E-state index is 0.147. The molecule has 2 aliphatic carbocycles. The van der Waals surface area contributed by atoms with Gasteiger partial charge in [0.05, 0.1) is 0 Å². The number of rotatable bonds is 3. The van der Waals surface area contributed by atoms with Gasteiger partial charge in [-0.3, -0.25) is 0 Å². The van der Waals surface area contributed by atoms with Crippen molar-refractivity contribution in [3.05, 3.63) is 17.0 Å². The molecule has 0 spiro atoms. The Balaban J connectivity index is 2.37. The maximum absolute atomic E-state index is 4.91.